The van der Waals surface area contributed by atoms with E-state index in [0.717, 1.165) is 12.0 Å². The Labute approximate surface area is 110 Å². The van der Waals surface area contributed by atoms with Crippen molar-refractivity contribution in [2.45, 2.75) is 38.3 Å². The Bertz CT molecular complexity index is 523. The number of aliphatic carboxylic acids is 1. The molecule has 1 aliphatic rings. The molecule has 1 fully saturated rings. The monoisotopic (exact) mass is 264 g/mol. The number of nitrogens with zero attached hydrogens (tertiary/aromatic N) is 1. The van der Waals surface area contributed by atoms with Gasteiger partial charge in [-0.05, 0) is 31.7 Å². The van der Waals surface area contributed by atoms with Gasteiger partial charge in [0, 0.05) is 18.2 Å². The molecule has 0 radical (unpaired) electrons. The zero-order valence-electron chi connectivity index (χ0n) is 10.7. The summed E-state index contributed by atoms with van der Waals surface area (Å²) >= 11 is 0. The third-order valence-electron chi connectivity index (χ3n) is 3.85. The molecule has 0 aromatic heterocycles. The number of hydrogen-bond acceptors (Lipinski definition) is 4. The summed E-state index contributed by atoms with van der Waals surface area (Å²) in [6.07, 6.45) is 2.11. The van der Waals surface area contributed by atoms with Gasteiger partial charge in [0.05, 0.1) is 4.92 Å². The summed E-state index contributed by atoms with van der Waals surface area (Å²) in [4.78, 5) is 21.6. The molecule has 6 heteroatoms. The van der Waals surface area contributed by atoms with Gasteiger partial charge in [0.25, 0.3) is 5.69 Å². The Morgan fingerprint density at radius 3 is 2.68 bits per heavy atom. The maximum Gasteiger partial charge on any atom is 0.323 e. The van der Waals surface area contributed by atoms with E-state index < -0.39 is 16.4 Å². The molecule has 2 rings (SSSR count). The van der Waals surface area contributed by atoms with Crippen LogP contribution in [-0.4, -0.2) is 21.5 Å². The van der Waals surface area contributed by atoms with Crippen LogP contribution in [0.25, 0.3) is 0 Å². The minimum atomic E-state index is -0.850. The van der Waals surface area contributed by atoms with Gasteiger partial charge in [0.2, 0.25) is 0 Å². The van der Waals surface area contributed by atoms with Gasteiger partial charge in [-0.2, -0.15) is 0 Å². The Morgan fingerprint density at radius 1 is 1.53 bits per heavy atom. The Kier molecular flexibility index (Phi) is 3.53. The van der Waals surface area contributed by atoms with Gasteiger partial charge in [-0.15, -0.1) is 0 Å². The first kappa shape index (κ1) is 13.5. The smallest absolute Gasteiger partial charge is 0.323 e. The van der Waals surface area contributed by atoms with E-state index in [1.54, 1.807) is 19.1 Å². The summed E-state index contributed by atoms with van der Waals surface area (Å²) in [6, 6.07) is 4.86. The number of nitro groups is 1. The molecule has 1 aromatic carbocycles. The van der Waals surface area contributed by atoms with Crippen molar-refractivity contribution < 1.29 is 14.8 Å². The molecule has 0 spiro atoms. The summed E-state index contributed by atoms with van der Waals surface area (Å²) in [5.41, 5.74) is 0.565. The van der Waals surface area contributed by atoms with E-state index in [2.05, 4.69) is 5.32 Å². The molecule has 19 heavy (non-hydrogen) atoms. The van der Waals surface area contributed by atoms with Crippen LogP contribution in [0.2, 0.25) is 0 Å². The summed E-state index contributed by atoms with van der Waals surface area (Å²) in [7, 11) is 0. The van der Waals surface area contributed by atoms with Gasteiger partial charge < -0.3 is 5.11 Å². The molecule has 0 unspecified atom stereocenters. The number of benzene rings is 1. The minimum absolute atomic E-state index is 0.0669. The molecule has 1 aromatic rings. The summed E-state index contributed by atoms with van der Waals surface area (Å²) < 4.78 is 0. The average Bonchev–Trinajstić information content (AvgIpc) is 2.28. The van der Waals surface area contributed by atoms with E-state index in [9.17, 15) is 20.0 Å². The fraction of sp³-hybridized carbons (Fsp3) is 0.462. The van der Waals surface area contributed by atoms with Gasteiger partial charge in [0.1, 0.15) is 5.54 Å². The third-order valence-corrected chi connectivity index (χ3v) is 3.85. The largest absolute Gasteiger partial charge is 0.480 e. The van der Waals surface area contributed by atoms with Crippen molar-refractivity contribution >= 4 is 11.7 Å². The van der Waals surface area contributed by atoms with Crippen molar-refractivity contribution in [1.82, 2.24) is 5.32 Å². The predicted molar refractivity (Wildman–Crippen MR) is 68.9 cm³/mol. The van der Waals surface area contributed by atoms with Crippen LogP contribution in [0, 0.1) is 17.0 Å². The highest BCUT2D eigenvalue weighted by Gasteiger charge is 2.43. The molecule has 0 saturated heterocycles. The molecule has 1 aliphatic carbocycles. The molecule has 0 aliphatic heterocycles. The first-order valence-corrected chi connectivity index (χ1v) is 6.17. The van der Waals surface area contributed by atoms with Crippen LogP contribution >= 0.6 is 0 Å². The van der Waals surface area contributed by atoms with Gasteiger partial charge in [-0.3, -0.25) is 20.2 Å². The fourth-order valence-electron chi connectivity index (χ4n) is 2.32. The van der Waals surface area contributed by atoms with E-state index in [0.29, 0.717) is 24.9 Å². The number of carboxylic acid groups (broad SMARTS) is 1. The number of nitrogens with one attached hydrogen (secondary N) is 1. The lowest BCUT2D eigenvalue weighted by Gasteiger charge is -2.38. The van der Waals surface area contributed by atoms with Crippen molar-refractivity contribution in [3.05, 3.63) is 39.4 Å². The number of carbonyl (C=O) groups is 1. The quantitative estimate of drug-likeness (QED) is 0.626. The maximum atomic E-state index is 11.2. The first-order valence-electron chi connectivity index (χ1n) is 6.17. The van der Waals surface area contributed by atoms with Gasteiger partial charge >= 0.3 is 5.97 Å². The predicted octanol–water partition coefficient (Wildman–Crippen LogP) is 2.00. The molecular weight excluding hydrogens is 248 g/mol. The normalized spacial score (nSPS) is 16.7. The zero-order chi connectivity index (χ0) is 14.0. The lowest BCUT2D eigenvalue weighted by molar-refractivity contribution is -0.385. The van der Waals surface area contributed by atoms with Crippen molar-refractivity contribution in [3.8, 4) is 0 Å². The fourth-order valence-corrected chi connectivity index (χ4v) is 2.32. The van der Waals surface area contributed by atoms with Crippen LogP contribution in [0.3, 0.4) is 0 Å². The van der Waals surface area contributed by atoms with E-state index >= 15 is 0 Å². The SMILES string of the molecule is Cc1c(CNC2(C(=O)O)CCC2)cccc1[N+](=O)[O-]. The lowest BCUT2D eigenvalue weighted by atomic mass is 9.76. The highest BCUT2D eigenvalue weighted by Crippen LogP contribution is 2.32. The third kappa shape index (κ3) is 2.44. The molecule has 0 heterocycles. The molecule has 0 amide bonds. The number of rotatable bonds is 5. The maximum absolute atomic E-state index is 11.2. The second-order valence-corrected chi connectivity index (χ2v) is 4.91. The van der Waals surface area contributed by atoms with Crippen LogP contribution in [-0.2, 0) is 11.3 Å². The van der Waals surface area contributed by atoms with E-state index in [1.807, 2.05) is 0 Å². The van der Waals surface area contributed by atoms with Crippen LogP contribution in [0.5, 0.6) is 0 Å². The molecule has 6 nitrogen and oxygen atoms in total. The standard InChI is InChI=1S/C13H16N2O4/c1-9-10(4-2-5-11(9)15(18)19)8-14-13(12(16)17)6-3-7-13/h2,4-5,14H,3,6-8H2,1H3,(H,16,17). The van der Waals surface area contributed by atoms with Gasteiger partial charge in [-0.25, -0.2) is 0 Å². The molecule has 2 N–H and O–H groups in total. The molecular formula is C13H16N2O4. The zero-order valence-corrected chi connectivity index (χ0v) is 10.7. The highest BCUT2D eigenvalue weighted by atomic mass is 16.6. The van der Waals surface area contributed by atoms with Crippen molar-refractivity contribution in [2.75, 3.05) is 0 Å². The highest BCUT2D eigenvalue weighted by molar-refractivity contribution is 5.80. The lowest BCUT2D eigenvalue weighted by Crippen LogP contribution is -2.56. The van der Waals surface area contributed by atoms with Gasteiger partial charge in [0.15, 0.2) is 0 Å². The minimum Gasteiger partial charge on any atom is -0.480 e. The topological polar surface area (TPSA) is 92.5 Å². The Balaban J connectivity index is 2.14. The second-order valence-electron chi connectivity index (χ2n) is 4.91. The molecule has 1 saturated carbocycles. The van der Waals surface area contributed by atoms with Crippen molar-refractivity contribution in [1.29, 1.82) is 0 Å². The van der Waals surface area contributed by atoms with E-state index in [1.165, 1.54) is 6.07 Å². The van der Waals surface area contributed by atoms with Crippen molar-refractivity contribution in [3.63, 3.8) is 0 Å². The Morgan fingerprint density at radius 2 is 2.21 bits per heavy atom. The number of nitro benzene ring substituents is 1. The Hall–Kier alpha value is -1.95. The van der Waals surface area contributed by atoms with Gasteiger partial charge in [-0.1, -0.05) is 12.1 Å². The summed E-state index contributed by atoms with van der Waals surface area (Å²) in [6.45, 7) is 2.02. The average molecular weight is 264 g/mol. The molecule has 0 atom stereocenters. The van der Waals surface area contributed by atoms with Crippen LogP contribution in [0.15, 0.2) is 18.2 Å². The first-order chi connectivity index (χ1) is 8.96. The summed E-state index contributed by atoms with van der Waals surface area (Å²) in [5.74, 6) is -0.846. The van der Waals surface area contributed by atoms with Crippen LogP contribution in [0.1, 0.15) is 30.4 Å². The number of carboxylic acids is 1. The van der Waals surface area contributed by atoms with E-state index in [-0.39, 0.29) is 5.69 Å². The second kappa shape index (κ2) is 4.97. The van der Waals surface area contributed by atoms with Crippen molar-refractivity contribution in [2.24, 2.45) is 0 Å². The van der Waals surface area contributed by atoms with Crippen LogP contribution in [0.4, 0.5) is 5.69 Å². The van der Waals surface area contributed by atoms with Crippen LogP contribution < -0.4 is 5.32 Å². The molecule has 102 valence electrons. The molecule has 0 bridgehead atoms. The summed E-state index contributed by atoms with van der Waals surface area (Å²) in [5, 5.41) is 23.1. The van der Waals surface area contributed by atoms with E-state index in [4.69, 9.17) is 0 Å². The number of hydrogen-bond donors (Lipinski definition) is 2.